The van der Waals surface area contributed by atoms with Gasteiger partial charge in [-0.15, -0.1) is 0 Å². The Bertz CT molecular complexity index is 516. The first-order valence-corrected chi connectivity index (χ1v) is 6.97. The van der Waals surface area contributed by atoms with Crippen LogP contribution in [0, 0.1) is 0 Å². The molecule has 0 fully saturated rings. The van der Waals surface area contributed by atoms with Crippen LogP contribution in [0.4, 0.5) is 5.82 Å². The quantitative estimate of drug-likeness (QED) is 0.823. The number of nitrogens with zero attached hydrogens (tertiary/aromatic N) is 1. The van der Waals surface area contributed by atoms with Crippen LogP contribution < -0.4 is 5.32 Å². The topological polar surface area (TPSA) is 34.1 Å². The summed E-state index contributed by atoms with van der Waals surface area (Å²) >= 11 is 3.56. The third kappa shape index (κ3) is 3.21. The van der Waals surface area contributed by atoms with E-state index in [-0.39, 0.29) is 0 Å². The van der Waals surface area contributed by atoms with E-state index >= 15 is 0 Å². The van der Waals surface area contributed by atoms with Crippen LogP contribution in [0.2, 0.25) is 0 Å². The summed E-state index contributed by atoms with van der Waals surface area (Å²) in [5.41, 5.74) is 0. The van der Waals surface area contributed by atoms with Crippen LogP contribution in [0.15, 0.2) is 34.9 Å². The third-order valence-corrected chi connectivity index (χ3v) is 3.41. The van der Waals surface area contributed by atoms with E-state index in [0.29, 0.717) is 0 Å². The lowest BCUT2D eigenvalue weighted by Crippen LogP contribution is -2.07. The monoisotopic (exact) mass is 308 g/mol. The highest BCUT2D eigenvalue weighted by molar-refractivity contribution is 9.10. The lowest BCUT2D eigenvalue weighted by atomic mass is 10.1. The SMILES string of the molecule is CCOCCCNc1nccc2c(Br)cccc12. The standard InChI is InChI=1S/C14H17BrN2O/c1-2-18-10-4-8-16-14-12-5-3-6-13(15)11(12)7-9-17-14/h3,5-7,9H,2,4,8,10H2,1H3,(H,16,17). The van der Waals surface area contributed by atoms with Crippen molar-refractivity contribution in [3.05, 3.63) is 34.9 Å². The molecule has 0 bridgehead atoms. The van der Waals surface area contributed by atoms with Crippen molar-refractivity contribution in [2.24, 2.45) is 0 Å². The summed E-state index contributed by atoms with van der Waals surface area (Å²) in [5, 5.41) is 5.68. The molecule has 0 amide bonds. The minimum absolute atomic E-state index is 0.777. The maximum atomic E-state index is 5.31. The average molecular weight is 309 g/mol. The van der Waals surface area contributed by atoms with Gasteiger partial charge < -0.3 is 10.1 Å². The second-order valence-electron chi connectivity index (χ2n) is 3.97. The Morgan fingerprint density at radius 2 is 2.17 bits per heavy atom. The summed E-state index contributed by atoms with van der Waals surface area (Å²) in [5.74, 6) is 0.935. The van der Waals surface area contributed by atoms with Gasteiger partial charge in [-0.2, -0.15) is 0 Å². The smallest absolute Gasteiger partial charge is 0.133 e. The van der Waals surface area contributed by atoms with Crippen molar-refractivity contribution in [3.63, 3.8) is 0 Å². The molecular weight excluding hydrogens is 292 g/mol. The Balaban J connectivity index is 2.07. The molecule has 96 valence electrons. The van der Waals surface area contributed by atoms with Gasteiger partial charge in [-0.05, 0) is 25.5 Å². The lowest BCUT2D eigenvalue weighted by Gasteiger charge is -2.09. The normalized spacial score (nSPS) is 10.8. The second-order valence-corrected chi connectivity index (χ2v) is 4.83. The number of aromatic nitrogens is 1. The minimum Gasteiger partial charge on any atom is -0.382 e. The maximum Gasteiger partial charge on any atom is 0.133 e. The van der Waals surface area contributed by atoms with Gasteiger partial charge in [0, 0.05) is 41.2 Å². The molecule has 1 aromatic carbocycles. The van der Waals surface area contributed by atoms with Crippen molar-refractivity contribution in [2.75, 3.05) is 25.1 Å². The van der Waals surface area contributed by atoms with Crippen LogP contribution in [0.1, 0.15) is 13.3 Å². The maximum absolute atomic E-state index is 5.31. The number of nitrogens with one attached hydrogen (secondary N) is 1. The second kappa shape index (κ2) is 6.71. The molecule has 1 N–H and O–H groups in total. The zero-order valence-electron chi connectivity index (χ0n) is 10.4. The molecule has 0 aliphatic carbocycles. The molecule has 4 heteroatoms. The highest BCUT2D eigenvalue weighted by atomic mass is 79.9. The van der Waals surface area contributed by atoms with E-state index in [1.165, 1.54) is 5.39 Å². The number of ether oxygens (including phenoxy) is 1. The predicted molar refractivity (Wildman–Crippen MR) is 79.0 cm³/mol. The molecule has 3 nitrogen and oxygen atoms in total. The lowest BCUT2D eigenvalue weighted by molar-refractivity contribution is 0.147. The zero-order chi connectivity index (χ0) is 12.8. The van der Waals surface area contributed by atoms with Gasteiger partial charge in [-0.25, -0.2) is 4.98 Å². The Morgan fingerprint density at radius 3 is 3.00 bits per heavy atom. The van der Waals surface area contributed by atoms with E-state index in [9.17, 15) is 0 Å². The first-order valence-electron chi connectivity index (χ1n) is 6.17. The Kier molecular flexibility index (Phi) is 4.96. The molecule has 0 saturated heterocycles. The molecule has 2 rings (SSSR count). The van der Waals surface area contributed by atoms with Crippen LogP contribution in [0.25, 0.3) is 10.8 Å². The van der Waals surface area contributed by atoms with Gasteiger partial charge in [0.2, 0.25) is 0 Å². The van der Waals surface area contributed by atoms with E-state index in [2.05, 4.69) is 32.3 Å². The average Bonchev–Trinajstić information content (AvgIpc) is 2.39. The molecule has 0 aliphatic rings. The molecule has 1 heterocycles. The first kappa shape index (κ1) is 13.3. The van der Waals surface area contributed by atoms with E-state index in [4.69, 9.17) is 4.74 Å². The summed E-state index contributed by atoms with van der Waals surface area (Å²) < 4.78 is 6.41. The Labute approximate surface area is 116 Å². The van der Waals surface area contributed by atoms with Crippen LogP contribution in [0.5, 0.6) is 0 Å². The molecule has 0 atom stereocenters. The van der Waals surface area contributed by atoms with Crippen LogP contribution in [-0.2, 0) is 4.74 Å². The largest absolute Gasteiger partial charge is 0.382 e. The van der Waals surface area contributed by atoms with Crippen molar-refractivity contribution >= 4 is 32.5 Å². The molecular formula is C14H17BrN2O. The van der Waals surface area contributed by atoms with Crippen molar-refractivity contribution in [2.45, 2.75) is 13.3 Å². The number of benzene rings is 1. The number of hydrogen-bond acceptors (Lipinski definition) is 3. The van der Waals surface area contributed by atoms with Gasteiger partial charge in [0.15, 0.2) is 0 Å². The molecule has 0 unspecified atom stereocenters. The highest BCUT2D eigenvalue weighted by Gasteiger charge is 2.03. The van der Waals surface area contributed by atoms with Crippen molar-refractivity contribution in [1.29, 1.82) is 0 Å². The summed E-state index contributed by atoms with van der Waals surface area (Å²) in [4.78, 5) is 4.39. The van der Waals surface area contributed by atoms with E-state index in [1.54, 1.807) is 0 Å². The van der Waals surface area contributed by atoms with Crippen LogP contribution >= 0.6 is 15.9 Å². The molecule has 2 aromatic rings. The van der Waals surface area contributed by atoms with Gasteiger partial charge in [0.25, 0.3) is 0 Å². The Hall–Kier alpha value is -1.13. The number of pyridine rings is 1. The van der Waals surface area contributed by atoms with E-state index < -0.39 is 0 Å². The third-order valence-electron chi connectivity index (χ3n) is 2.71. The number of fused-ring (bicyclic) bond motifs is 1. The number of hydrogen-bond donors (Lipinski definition) is 1. The minimum atomic E-state index is 0.777. The van der Waals surface area contributed by atoms with Gasteiger partial charge in [-0.3, -0.25) is 0 Å². The van der Waals surface area contributed by atoms with Gasteiger partial charge in [-0.1, -0.05) is 28.1 Å². The van der Waals surface area contributed by atoms with Crippen molar-refractivity contribution < 1.29 is 4.74 Å². The fourth-order valence-electron chi connectivity index (χ4n) is 1.84. The fraction of sp³-hybridized carbons (Fsp3) is 0.357. The molecule has 0 spiro atoms. The van der Waals surface area contributed by atoms with E-state index in [0.717, 1.165) is 41.9 Å². The summed E-state index contributed by atoms with van der Waals surface area (Å²) in [6, 6.07) is 8.17. The molecule has 0 saturated carbocycles. The van der Waals surface area contributed by atoms with Gasteiger partial charge >= 0.3 is 0 Å². The predicted octanol–water partition coefficient (Wildman–Crippen LogP) is 3.84. The molecule has 0 radical (unpaired) electrons. The Morgan fingerprint density at radius 1 is 1.28 bits per heavy atom. The number of anilines is 1. The van der Waals surface area contributed by atoms with E-state index in [1.807, 2.05) is 31.3 Å². The zero-order valence-corrected chi connectivity index (χ0v) is 12.0. The number of rotatable bonds is 6. The molecule has 0 aliphatic heterocycles. The molecule has 1 aromatic heterocycles. The first-order chi connectivity index (χ1) is 8.83. The van der Waals surface area contributed by atoms with Crippen molar-refractivity contribution in [1.82, 2.24) is 4.98 Å². The van der Waals surface area contributed by atoms with Gasteiger partial charge in [0.1, 0.15) is 5.82 Å². The van der Waals surface area contributed by atoms with Crippen LogP contribution in [0.3, 0.4) is 0 Å². The summed E-state index contributed by atoms with van der Waals surface area (Å²) in [7, 11) is 0. The number of halogens is 1. The summed E-state index contributed by atoms with van der Waals surface area (Å²) in [6.07, 6.45) is 2.82. The van der Waals surface area contributed by atoms with Gasteiger partial charge in [0.05, 0.1) is 0 Å². The van der Waals surface area contributed by atoms with Crippen LogP contribution in [-0.4, -0.2) is 24.7 Å². The highest BCUT2D eigenvalue weighted by Crippen LogP contribution is 2.27. The fourth-order valence-corrected chi connectivity index (χ4v) is 2.33. The molecule has 18 heavy (non-hydrogen) atoms. The summed E-state index contributed by atoms with van der Waals surface area (Å²) in [6.45, 7) is 4.45. The van der Waals surface area contributed by atoms with Crippen molar-refractivity contribution in [3.8, 4) is 0 Å².